The average molecular weight is 288 g/mol. The van der Waals surface area contributed by atoms with Crippen LogP contribution in [0.5, 0.6) is 0 Å². The Bertz CT molecular complexity index is 615. The molecule has 0 spiro atoms. The van der Waals surface area contributed by atoms with Gasteiger partial charge in [0.05, 0.1) is 16.8 Å². The number of anilines is 3. The number of pyridine rings is 1. The molecule has 0 aliphatic rings. The Balaban J connectivity index is 2.46. The Labute approximate surface area is 122 Å². The lowest BCUT2D eigenvalue weighted by Gasteiger charge is -2.19. The lowest BCUT2D eigenvalue weighted by Crippen LogP contribution is -2.24. The number of nitro groups is 1. The monoisotopic (exact) mass is 288 g/mol. The maximum Gasteiger partial charge on any atom is 0.353 e. The summed E-state index contributed by atoms with van der Waals surface area (Å²) in [5.41, 5.74) is 0.495. The van der Waals surface area contributed by atoms with Crippen LogP contribution in [0.3, 0.4) is 0 Å². The van der Waals surface area contributed by atoms with E-state index >= 15 is 0 Å². The zero-order valence-electron chi connectivity index (χ0n) is 11.9. The summed E-state index contributed by atoms with van der Waals surface area (Å²) in [6, 6.07) is 3.50. The van der Waals surface area contributed by atoms with Crippen molar-refractivity contribution in [1.82, 2.24) is 15.0 Å². The van der Waals surface area contributed by atoms with Gasteiger partial charge in [0.25, 0.3) is 0 Å². The highest BCUT2D eigenvalue weighted by atomic mass is 16.6. The summed E-state index contributed by atoms with van der Waals surface area (Å²) < 4.78 is 0. The molecule has 2 heterocycles. The van der Waals surface area contributed by atoms with Crippen LogP contribution < -0.4 is 10.2 Å². The molecule has 0 saturated heterocycles. The molecule has 0 unspecified atom stereocenters. The molecule has 0 atom stereocenters. The molecular formula is C13H16N6O2. The molecule has 1 N–H and O–H groups in total. The smallest absolute Gasteiger partial charge is 0.351 e. The summed E-state index contributed by atoms with van der Waals surface area (Å²) in [4.78, 5) is 24.8. The Morgan fingerprint density at radius 1 is 1.33 bits per heavy atom. The highest BCUT2D eigenvalue weighted by Gasteiger charge is 2.25. The molecule has 0 fully saturated rings. The van der Waals surface area contributed by atoms with Crippen molar-refractivity contribution in [2.75, 3.05) is 23.3 Å². The van der Waals surface area contributed by atoms with Gasteiger partial charge >= 0.3 is 5.69 Å². The fourth-order valence-corrected chi connectivity index (χ4v) is 1.96. The van der Waals surface area contributed by atoms with Crippen molar-refractivity contribution in [3.05, 3.63) is 41.0 Å². The van der Waals surface area contributed by atoms with Crippen molar-refractivity contribution in [2.45, 2.75) is 13.8 Å². The first kappa shape index (κ1) is 14.6. The summed E-state index contributed by atoms with van der Waals surface area (Å²) in [5.74, 6) is 0.469. The van der Waals surface area contributed by atoms with E-state index < -0.39 is 4.92 Å². The van der Waals surface area contributed by atoms with Crippen LogP contribution in [0.15, 0.2) is 30.9 Å². The van der Waals surface area contributed by atoms with Gasteiger partial charge < -0.3 is 10.2 Å². The minimum atomic E-state index is -0.466. The Kier molecular flexibility index (Phi) is 4.60. The fourth-order valence-electron chi connectivity index (χ4n) is 1.96. The first-order valence-corrected chi connectivity index (χ1v) is 6.58. The largest absolute Gasteiger partial charge is 0.353 e. The average Bonchev–Trinajstić information content (AvgIpc) is 2.49. The van der Waals surface area contributed by atoms with Crippen LogP contribution in [0.1, 0.15) is 13.8 Å². The number of nitrogens with one attached hydrogen (secondary N) is 1. The molecule has 0 bridgehead atoms. The molecule has 8 nitrogen and oxygen atoms in total. The highest BCUT2D eigenvalue weighted by Crippen LogP contribution is 2.33. The van der Waals surface area contributed by atoms with Crippen LogP contribution in [0.2, 0.25) is 0 Å². The summed E-state index contributed by atoms with van der Waals surface area (Å²) in [7, 11) is 0. The molecule has 110 valence electrons. The van der Waals surface area contributed by atoms with Crippen molar-refractivity contribution in [3.63, 3.8) is 0 Å². The predicted octanol–water partition coefficient (Wildman–Crippen LogP) is 2.37. The minimum absolute atomic E-state index is 0.134. The second kappa shape index (κ2) is 6.60. The molecule has 0 saturated carbocycles. The van der Waals surface area contributed by atoms with Gasteiger partial charge in [-0.2, -0.15) is 0 Å². The van der Waals surface area contributed by atoms with Crippen LogP contribution >= 0.6 is 0 Å². The zero-order valence-corrected chi connectivity index (χ0v) is 11.9. The summed E-state index contributed by atoms with van der Waals surface area (Å²) >= 11 is 0. The first-order valence-electron chi connectivity index (χ1n) is 6.58. The summed E-state index contributed by atoms with van der Waals surface area (Å²) in [6.07, 6.45) is 4.52. The van der Waals surface area contributed by atoms with E-state index in [1.54, 1.807) is 24.5 Å². The zero-order chi connectivity index (χ0) is 15.2. The maximum atomic E-state index is 11.4. The number of hydrogen-bond donors (Lipinski definition) is 1. The van der Waals surface area contributed by atoms with Gasteiger partial charge in [0.1, 0.15) is 6.33 Å². The van der Waals surface area contributed by atoms with E-state index in [2.05, 4.69) is 20.3 Å². The van der Waals surface area contributed by atoms with Crippen molar-refractivity contribution in [3.8, 4) is 0 Å². The van der Waals surface area contributed by atoms with E-state index in [-0.39, 0.29) is 11.5 Å². The van der Waals surface area contributed by atoms with Crippen LogP contribution in [0, 0.1) is 10.1 Å². The van der Waals surface area contributed by atoms with Gasteiger partial charge in [-0.05, 0) is 26.0 Å². The van der Waals surface area contributed by atoms with Gasteiger partial charge in [-0.15, -0.1) is 0 Å². The van der Waals surface area contributed by atoms with Crippen molar-refractivity contribution >= 4 is 23.0 Å². The van der Waals surface area contributed by atoms with E-state index in [1.165, 1.54) is 6.33 Å². The van der Waals surface area contributed by atoms with E-state index in [0.29, 0.717) is 24.6 Å². The van der Waals surface area contributed by atoms with Crippen molar-refractivity contribution < 1.29 is 4.92 Å². The lowest BCUT2D eigenvalue weighted by atomic mass is 10.3. The number of nitrogens with zero attached hydrogens (tertiary/aromatic N) is 5. The maximum absolute atomic E-state index is 11.4. The third-order valence-corrected chi connectivity index (χ3v) is 2.97. The molecule has 0 radical (unpaired) electrons. The molecule has 2 aromatic rings. The van der Waals surface area contributed by atoms with Crippen molar-refractivity contribution in [1.29, 1.82) is 0 Å². The van der Waals surface area contributed by atoms with E-state index in [9.17, 15) is 10.1 Å². The molecule has 2 aromatic heterocycles. The molecule has 21 heavy (non-hydrogen) atoms. The Morgan fingerprint density at radius 3 is 2.67 bits per heavy atom. The van der Waals surface area contributed by atoms with Crippen LogP contribution in [0.4, 0.5) is 23.0 Å². The molecular weight excluding hydrogens is 272 g/mol. The Morgan fingerprint density at radius 2 is 2.10 bits per heavy atom. The second-order valence-electron chi connectivity index (χ2n) is 4.19. The van der Waals surface area contributed by atoms with Crippen LogP contribution in [0.25, 0.3) is 0 Å². The standard InChI is InChI=1S/C13H16N6O2/c1-3-18(4-2)13-11(19(20)21)12(15-9-16-13)17-10-6-5-7-14-8-10/h5-9H,3-4H2,1-2H3,(H,15,16,17). The Hall–Kier alpha value is -2.77. The van der Waals surface area contributed by atoms with Gasteiger partial charge in [0, 0.05) is 19.3 Å². The lowest BCUT2D eigenvalue weighted by molar-refractivity contribution is -0.383. The molecule has 0 aliphatic carbocycles. The molecule has 8 heteroatoms. The molecule has 2 rings (SSSR count). The third-order valence-electron chi connectivity index (χ3n) is 2.97. The normalized spacial score (nSPS) is 10.2. The van der Waals surface area contributed by atoms with Gasteiger partial charge in [-0.3, -0.25) is 15.1 Å². The van der Waals surface area contributed by atoms with E-state index in [1.807, 2.05) is 18.7 Å². The van der Waals surface area contributed by atoms with Crippen LogP contribution in [-0.4, -0.2) is 33.0 Å². The summed E-state index contributed by atoms with van der Waals surface area (Å²) in [6.45, 7) is 5.09. The fraction of sp³-hybridized carbons (Fsp3) is 0.308. The SMILES string of the molecule is CCN(CC)c1ncnc(Nc2cccnc2)c1[N+](=O)[O-]. The third kappa shape index (κ3) is 3.22. The quantitative estimate of drug-likeness (QED) is 0.643. The number of rotatable bonds is 6. The minimum Gasteiger partial charge on any atom is -0.351 e. The van der Waals surface area contributed by atoms with Gasteiger partial charge in [-0.25, -0.2) is 9.97 Å². The van der Waals surface area contributed by atoms with Crippen LogP contribution in [-0.2, 0) is 0 Å². The molecule has 0 amide bonds. The van der Waals surface area contributed by atoms with E-state index in [0.717, 1.165) is 0 Å². The summed E-state index contributed by atoms with van der Waals surface area (Å²) in [5, 5.41) is 14.3. The van der Waals surface area contributed by atoms with Gasteiger partial charge in [-0.1, -0.05) is 0 Å². The topological polar surface area (TPSA) is 97.1 Å². The first-order chi connectivity index (χ1) is 10.2. The number of aromatic nitrogens is 3. The highest BCUT2D eigenvalue weighted by molar-refractivity contribution is 5.74. The number of hydrogen-bond acceptors (Lipinski definition) is 7. The van der Waals surface area contributed by atoms with Crippen molar-refractivity contribution in [2.24, 2.45) is 0 Å². The molecule has 0 aliphatic heterocycles. The molecule has 0 aromatic carbocycles. The van der Waals surface area contributed by atoms with Gasteiger partial charge in [0.2, 0.25) is 11.6 Å². The van der Waals surface area contributed by atoms with E-state index in [4.69, 9.17) is 0 Å². The second-order valence-corrected chi connectivity index (χ2v) is 4.19. The van der Waals surface area contributed by atoms with Gasteiger partial charge in [0.15, 0.2) is 0 Å². The predicted molar refractivity (Wildman–Crippen MR) is 79.8 cm³/mol.